The minimum atomic E-state index is -3.67. The summed E-state index contributed by atoms with van der Waals surface area (Å²) in [5.41, 5.74) is 0.831. The van der Waals surface area contributed by atoms with Gasteiger partial charge in [0.05, 0.1) is 21.7 Å². The number of ether oxygens (including phenoxy) is 1. The molecule has 30 heavy (non-hydrogen) atoms. The Morgan fingerprint density at radius 2 is 1.87 bits per heavy atom. The van der Waals surface area contributed by atoms with Gasteiger partial charge >= 0.3 is 5.97 Å². The summed E-state index contributed by atoms with van der Waals surface area (Å²) in [7, 11) is -3.67. The Hall–Kier alpha value is -2.68. The van der Waals surface area contributed by atoms with E-state index in [9.17, 15) is 13.2 Å². The third-order valence-electron chi connectivity index (χ3n) is 4.80. The first-order valence-electron chi connectivity index (χ1n) is 9.42. The third kappa shape index (κ3) is 4.26. The predicted molar refractivity (Wildman–Crippen MR) is 111 cm³/mol. The summed E-state index contributed by atoms with van der Waals surface area (Å²) in [6.45, 7) is 0.738. The second kappa shape index (κ2) is 8.59. The maximum absolute atomic E-state index is 12.7. The molecule has 2 aromatic carbocycles. The molecule has 3 aromatic rings. The maximum atomic E-state index is 12.7. The lowest BCUT2D eigenvalue weighted by molar-refractivity contribution is 0.0439. The van der Waals surface area contributed by atoms with E-state index in [-0.39, 0.29) is 28.0 Å². The van der Waals surface area contributed by atoms with Crippen LogP contribution in [0.15, 0.2) is 64.0 Å². The van der Waals surface area contributed by atoms with E-state index < -0.39 is 16.0 Å². The molecule has 0 N–H and O–H groups in total. The van der Waals surface area contributed by atoms with Crippen molar-refractivity contribution in [3.8, 4) is 11.3 Å². The molecule has 4 rings (SSSR count). The highest BCUT2D eigenvalue weighted by atomic mass is 35.5. The van der Waals surface area contributed by atoms with Gasteiger partial charge in [0, 0.05) is 18.7 Å². The molecule has 2 heterocycles. The number of aromatic nitrogens is 1. The standard InChI is InChI=1S/C21H19ClN2O5S/c22-18-9-8-16(30(26,27)24-10-4-5-11-24)12-17(18)21(25)28-14-20-23-13-19(29-20)15-6-2-1-3-7-15/h1-3,6-9,12-13H,4-5,10-11,14H2. The number of sulfonamides is 1. The van der Waals surface area contributed by atoms with Crippen LogP contribution in [-0.4, -0.2) is 36.8 Å². The summed E-state index contributed by atoms with van der Waals surface area (Å²) in [4.78, 5) is 16.7. The number of halogens is 1. The summed E-state index contributed by atoms with van der Waals surface area (Å²) in [6.07, 6.45) is 3.19. The molecule has 0 radical (unpaired) electrons. The van der Waals surface area contributed by atoms with Gasteiger partial charge in [-0.25, -0.2) is 18.2 Å². The Morgan fingerprint density at radius 3 is 2.60 bits per heavy atom. The fourth-order valence-electron chi connectivity index (χ4n) is 3.22. The molecule has 7 nitrogen and oxygen atoms in total. The van der Waals surface area contributed by atoms with Crippen LogP contribution in [0.2, 0.25) is 5.02 Å². The lowest BCUT2D eigenvalue weighted by Crippen LogP contribution is -2.28. The number of nitrogens with zero attached hydrogens (tertiary/aromatic N) is 2. The van der Waals surface area contributed by atoms with Gasteiger partial charge in [0.2, 0.25) is 15.9 Å². The van der Waals surface area contributed by atoms with E-state index in [0.717, 1.165) is 18.4 Å². The topological polar surface area (TPSA) is 89.7 Å². The van der Waals surface area contributed by atoms with Crippen molar-refractivity contribution in [2.24, 2.45) is 0 Å². The highest BCUT2D eigenvalue weighted by molar-refractivity contribution is 7.89. The fourth-order valence-corrected chi connectivity index (χ4v) is 4.96. The maximum Gasteiger partial charge on any atom is 0.340 e. The molecular formula is C21H19ClN2O5S. The van der Waals surface area contributed by atoms with Gasteiger partial charge in [-0.15, -0.1) is 0 Å². The van der Waals surface area contributed by atoms with Gasteiger partial charge in [-0.05, 0) is 31.0 Å². The molecule has 1 aromatic heterocycles. The summed E-state index contributed by atoms with van der Waals surface area (Å²) < 4.78 is 37.7. The molecule has 1 aliphatic rings. The Labute approximate surface area is 179 Å². The number of carbonyl (C=O) groups excluding carboxylic acids is 1. The fraction of sp³-hybridized carbons (Fsp3) is 0.238. The number of rotatable bonds is 6. The van der Waals surface area contributed by atoms with E-state index in [4.69, 9.17) is 20.8 Å². The van der Waals surface area contributed by atoms with E-state index >= 15 is 0 Å². The first kappa shape index (κ1) is 20.6. The minimum Gasteiger partial charge on any atom is -0.452 e. The van der Waals surface area contributed by atoms with E-state index in [1.165, 1.54) is 22.5 Å². The molecule has 0 aliphatic carbocycles. The molecule has 0 unspecified atom stereocenters. The van der Waals surface area contributed by atoms with Crippen LogP contribution in [-0.2, 0) is 21.4 Å². The van der Waals surface area contributed by atoms with Crippen LogP contribution in [0.1, 0.15) is 29.1 Å². The zero-order chi connectivity index (χ0) is 21.1. The van der Waals surface area contributed by atoms with Crippen molar-refractivity contribution in [3.63, 3.8) is 0 Å². The van der Waals surface area contributed by atoms with Gasteiger partial charge in [0.25, 0.3) is 0 Å². The lowest BCUT2D eigenvalue weighted by atomic mass is 10.2. The van der Waals surface area contributed by atoms with Crippen LogP contribution < -0.4 is 0 Å². The van der Waals surface area contributed by atoms with Crippen molar-refractivity contribution >= 4 is 27.6 Å². The zero-order valence-electron chi connectivity index (χ0n) is 16.0. The summed E-state index contributed by atoms with van der Waals surface area (Å²) in [5, 5.41) is 0.109. The monoisotopic (exact) mass is 446 g/mol. The quantitative estimate of drug-likeness (QED) is 0.529. The molecule has 1 fully saturated rings. The molecule has 0 amide bonds. The Bertz CT molecular complexity index is 1160. The largest absolute Gasteiger partial charge is 0.452 e. The number of oxazole rings is 1. The van der Waals surface area contributed by atoms with Crippen molar-refractivity contribution in [3.05, 3.63) is 71.2 Å². The average Bonchev–Trinajstić information content (AvgIpc) is 3.45. The second-order valence-electron chi connectivity index (χ2n) is 6.81. The van der Waals surface area contributed by atoms with Gasteiger partial charge in [0.15, 0.2) is 12.4 Å². The van der Waals surface area contributed by atoms with Crippen molar-refractivity contribution in [2.45, 2.75) is 24.3 Å². The zero-order valence-corrected chi connectivity index (χ0v) is 17.5. The number of hydrogen-bond acceptors (Lipinski definition) is 6. The summed E-state index contributed by atoms with van der Waals surface area (Å²) >= 11 is 6.12. The average molecular weight is 447 g/mol. The third-order valence-corrected chi connectivity index (χ3v) is 7.02. The van der Waals surface area contributed by atoms with Gasteiger partial charge < -0.3 is 9.15 Å². The SMILES string of the molecule is O=C(OCc1ncc(-c2ccccc2)o1)c1cc(S(=O)(=O)N2CCCC2)ccc1Cl. The van der Waals surface area contributed by atoms with E-state index in [0.29, 0.717) is 18.8 Å². The van der Waals surface area contributed by atoms with Crippen LogP contribution in [0.3, 0.4) is 0 Å². The van der Waals surface area contributed by atoms with Crippen LogP contribution in [0.25, 0.3) is 11.3 Å². The first-order chi connectivity index (χ1) is 14.4. The molecule has 9 heteroatoms. The molecule has 1 saturated heterocycles. The molecule has 0 atom stereocenters. The van der Waals surface area contributed by atoms with E-state index in [1.54, 1.807) is 6.20 Å². The molecule has 0 bridgehead atoms. The highest BCUT2D eigenvalue weighted by Crippen LogP contribution is 2.26. The molecule has 0 spiro atoms. The van der Waals surface area contributed by atoms with Crippen LogP contribution in [0.4, 0.5) is 0 Å². The second-order valence-corrected chi connectivity index (χ2v) is 9.16. The lowest BCUT2D eigenvalue weighted by Gasteiger charge is -2.16. The minimum absolute atomic E-state index is 0.0169. The van der Waals surface area contributed by atoms with Crippen LogP contribution in [0.5, 0.6) is 0 Å². The summed E-state index contributed by atoms with van der Waals surface area (Å²) in [5.74, 6) is 0.0236. The first-order valence-corrected chi connectivity index (χ1v) is 11.2. The van der Waals surface area contributed by atoms with Gasteiger partial charge in [-0.3, -0.25) is 0 Å². The Kier molecular flexibility index (Phi) is 5.90. The smallest absolute Gasteiger partial charge is 0.340 e. The van der Waals surface area contributed by atoms with Crippen LogP contribution >= 0.6 is 11.6 Å². The number of carbonyl (C=O) groups is 1. The molecule has 0 saturated carbocycles. The summed E-state index contributed by atoms with van der Waals surface area (Å²) in [6, 6.07) is 13.4. The normalized spacial score (nSPS) is 14.7. The van der Waals surface area contributed by atoms with Crippen molar-refractivity contribution in [1.82, 2.24) is 9.29 Å². The van der Waals surface area contributed by atoms with E-state index in [1.807, 2.05) is 30.3 Å². The highest BCUT2D eigenvalue weighted by Gasteiger charge is 2.28. The molecule has 1 aliphatic heterocycles. The van der Waals surface area contributed by atoms with E-state index in [2.05, 4.69) is 4.98 Å². The van der Waals surface area contributed by atoms with Crippen LogP contribution in [0, 0.1) is 0 Å². The number of esters is 1. The molecular weight excluding hydrogens is 428 g/mol. The molecule has 156 valence electrons. The van der Waals surface area contributed by atoms with Crippen molar-refractivity contribution < 1.29 is 22.4 Å². The number of benzene rings is 2. The van der Waals surface area contributed by atoms with Gasteiger partial charge in [0.1, 0.15) is 0 Å². The Balaban J connectivity index is 1.48. The van der Waals surface area contributed by atoms with Crippen molar-refractivity contribution in [1.29, 1.82) is 0 Å². The van der Waals surface area contributed by atoms with Crippen molar-refractivity contribution in [2.75, 3.05) is 13.1 Å². The Morgan fingerprint density at radius 1 is 1.13 bits per heavy atom. The number of hydrogen-bond donors (Lipinski definition) is 0. The van der Waals surface area contributed by atoms with Gasteiger partial charge in [-0.2, -0.15) is 4.31 Å². The van der Waals surface area contributed by atoms with Gasteiger partial charge in [-0.1, -0.05) is 41.9 Å². The predicted octanol–water partition coefficient (Wildman–Crippen LogP) is 4.14.